The van der Waals surface area contributed by atoms with Crippen LogP contribution in [-0.2, 0) is 24.3 Å². The Morgan fingerprint density at radius 2 is 1.60 bits per heavy atom. The molecule has 2 aromatic rings. The minimum absolute atomic E-state index is 0.0778. The Kier molecular flexibility index (Phi) is 6.35. The molecule has 5 heteroatoms. The van der Waals surface area contributed by atoms with Crippen LogP contribution in [0.1, 0.15) is 29.5 Å². The summed E-state index contributed by atoms with van der Waals surface area (Å²) in [4.78, 5) is 14.8. The molecule has 3 nitrogen and oxygen atoms in total. The number of nitrogens with zero attached hydrogens (tertiary/aromatic N) is 1. The van der Waals surface area contributed by atoms with Crippen LogP contribution in [0.15, 0.2) is 42.5 Å². The van der Waals surface area contributed by atoms with Gasteiger partial charge in [-0.3, -0.25) is 9.69 Å². The number of likely N-dealkylation sites (tertiary alicyclic amines) is 1. The lowest BCUT2D eigenvalue weighted by Crippen LogP contribution is -2.26. The van der Waals surface area contributed by atoms with Gasteiger partial charge in [0.1, 0.15) is 0 Å². The summed E-state index contributed by atoms with van der Waals surface area (Å²) in [6, 6.07) is 13.6. The van der Waals surface area contributed by atoms with E-state index < -0.39 is 0 Å². The molecular weight excluding hydrogens is 355 g/mol. The predicted molar refractivity (Wildman–Crippen MR) is 103 cm³/mol. The number of amides is 1. The average Bonchev–Trinajstić information content (AvgIpc) is 3.11. The van der Waals surface area contributed by atoms with Gasteiger partial charge in [0.05, 0.1) is 6.42 Å². The Balaban J connectivity index is 1.60. The van der Waals surface area contributed by atoms with E-state index in [-0.39, 0.29) is 12.3 Å². The number of carbonyl (C=O) groups is 1. The summed E-state index contributed by atoms with van der Waals surface area (Å²) in [5.74, 6) is -0.0778. The highest BCUT2D eigenvalue weighted by atomic mass is 35.5. The Labute approximate surface area is 158 Å². The van der Waals surface area contributed by atoms with Gasteiger partial charge >= 0.3 is 0 Å². The molecule has 0 saturated carbocycles. The van der Waals surface area contributed by atoms with E-state index in [1.807, 2.05) is 6.07 Å². The van der Waals surface area contributed by atoms with Gasteiger partial charge in [0.25, 0.3) is 0 Å². The van der Waals surface area contributed by atoms with E-state index >= 15 is 0 Å². The molecule has 25 heavy (non-hydrogen) atoms. The third-order valence-electron chi connectivity index (χ3n) is 4.59. The highest BCUT2D eigenvalue weighted by Crippen LogP contribution is 2.24. The fraction of sp³-hybridized carbons (Fsp3) is 0.350. The van der Waals surface area contributed by atoms with Crippen LogP contribution in [0.2, 0.25) is 10.0 Å². The fourth-order valence-corrected chi connectivity index (χ4v) is 3.72. The molecule has 1 fully saturated rings. The van der Waals surface area contributed by atoms with Crippen molar-refractivity contribution >= 4 is 29.1 Å². The number of halogens is 2. The lowest BCUT2D eigenvalue weighted by molar-refractivity contribution is -0.120. The molecule has 0 aliphatic carbocycles. The number of nitrogens with one attached hydrogen (secondary N) is 1. The fourth-order valence-electron chi connectivity index (χ4n) is 3.18. The minimum atomic E-state index is -0.0778. The first-order valence-corrected chi connectivity index (χ1v) is 9.38. The number of hydrogen-bond donors (Lipinski definition) is 1. The van der Waals surface area contributed by atoms with Crippen LogP contribution in [0.3, 0.4) is 0 Å². The van der Waals surface area contributed by atoms with Gasteiger partial charge in [-0.25, -0.2) is 0 Å². The zero-order valence-corrected chi connectivity index (χ0v) is 15.6. The lowest BCUT2D eigenvalue weighted by atomic mass is 10.1. The second-order valence-corrected chi connectivity index (χ2v) is 7.22. The highest BCUT2D eigenvalue weighted by Gasteiger charge is 2.14. The Bertz CT molecular complexity index is 722. The molecule has 0 radical (unpaired) electrons. The van der Waals surface area contributed by atoms with E-state index in [9.17, 15) is 4.79 Å². The van der Waals surface area contributed by atoms with Crippen LogP contribution in [0.4, 0.5) is 0 Å². The van der Waals surface area contributed by atoms with Crippen molar-refractivity contribution in [2.24, 2.45) is 0 Å². The second kappa shape index (κ2) is 8.70. The zero-order valence-electron chi connectivity index (χ0n) is 14.1. The van der Waals surface area contributed by atoms with E-state index in [0.29, 0.717) is 22.2 Å². The van der Waals surface area contributed by atoms with Crippen molar-refractivity contribution in [3.05, 3.63) is 69.2 Å². The summed E-state index contributed by atoms with van der Waals surface area (Å²) >= 11 is 12.3. The van der Waals surface area contributed by atoms with Gasteiger partial charge in [-0.2, -0.15) is 0 Å². The van der Waals surface area contributed by atoms with Crippen LogP contribution >= 0.6 is 23.2 Å². The molecule has 0 spiro atoms. The molecule has 0 aromatic heterocycles. The normalized spacial score (nSPS) is 14.6. The summed E-state index contributed by atoms with van der Waals surface area (Å²) < 4.78 is 0. The molecule has 2 aromatic carbocycles. The number of benzene rings is 2. The maximum Gasteiger partial charge on any atom is 0.224 e. The van der Waals surface area contributed by atoms with Gasteiger partial charge in [-0.15, -0.1) is 0 Å². The molecule has 1 aliphatic rings. The minimum Gasteiger partial charge on any atom is -0.352 e. The number of hydrogen-bond acceptors (Lipinski definition) is 2. The van der Waals surface area contributed by atoms with Crippen molar-refractivity contribution in [2.75, 3.05) is 13.1 Å². The largest absolute Gasteiger partial charge is 0.352 e. The number of carbonyl (C=O) groups excluding carboxylic acids is 1. The predicted octanol–water partition coefficient (Wildman–Crippen LogP) is 4.45. The standard InChI is InChI=1S/C20H22Cl2N2O/c21-18-8-5-9-19(22)17(18)12-20(25)23-13-15-6-1-2-7-16(15)14-24-10-3-4-11-24/h1-2,5-9H,3-4,10-14H2,(H,23,25). The van der Waals surface area contributed by atoms with E-state index in [1.165, 1.54) is 18.4 Å². The van der Waals surface area contributed by atoms with Crippen LogP contribution < -0.4 is 5.32 Å². The molecule has 0 unspecified atom stereocenters. The van der Waals surface area contributed by atoms with Gasteiger partial charge in [-0.1, -0.05) is 53.5 Å². The van der Waals surface area contributed by atoms with Gasteiger partial charge < -0.3 is 5.32 Å². The van der Waals surface area contributed by atoms with Crippen LogP contribution in [0.25, 0.3) is 0 Å². The first-order chi connectivity index (χ1) is 12.1. The summed E-state index contributed by atoms with van der Waals surface area (Å²) in [7, 11) is 0. The molecule has 1 amide bonds. The first kappa shape index (κ1) is 18.2. The van der Waals surface area contributed by atoms with Gasteiger partial charge in [0.2, 0.25) is 5.91 Å². The van der Waals surface area contributed by atoms with Crippen molar-refractivity contribution < 1.29 is 4.79 Å². The number of rotatable bonds is 6. The SMILES string of the molecule is O=C(Cc1c(Cl)cccc1Cl)NCc1ccccc1CN1CCCC1. The molecule has 1 N–H and O–H groups in total. The van der Waals surface area contributed by atoms with E-state index in [4.69, 9.17) is 23.2 Å². The van der Waals surface area contributed by atoms with Crippen molar-refractivity contribution in [3.8, 4) is 0 Å². The van der Waals surface area contributed by atoms with Crippen molar-refractivity contribution in [2.45, 2.75) is 32.4 Å². The summed E-state index contributed by atoms with van der Waals surface area (Å²) in [6.07, 6.45) is 2.74. The summed E-state index contributed by atoms with van der Waals surface area (Å²) in [5.41, 5.74) is 3.11. The van der Waals surface area contributed by atoms with E-state index in [2.05, 4.69) is 28.4 Å². The zero-order chi connectivity index (χ0) is 17.6. The van der Waals surface area contributed by atoms with Crippen LogP contribution in [-0.4, -0.2) is 23.9 Å². The topological polar surface area (TPSA) is 32.3 Å². The molecule has 1 heterocycles. The lowest BCUT2D eigenvalue weighted by Gasteiger charge is -2.18. The third-order valence-corrected chi connectivity index (χ3v) is 5.29. The van der Waals surface area contributed by atoms with Crippen molar-refractivity contribution in [1.29, 1.82) is 0 Å². The molecular formula is C20H22Cl2N2O. The maximum atomic E-state index is 12.3. The summed E-state index contributed by atoms with van der Waals surface area (Å²) in [6.45, 7) is 3.78. The van der Waals surface area contributed by atoms with Gasteiger partial charge in [-0.05, 0) is 54.8 Å². The van der Waals surface area contributed by atoms with Crippen molar-refractivity contribution in [1.82, 2.24) is 10.2 Å². The molecule has 1 aliphatic heterocycles. The Morgan fingerprint density at radius 1 is 0.960 bits per heavy atom. The second-order valence-electron chi connectivity index (χ2n) is 6.41. The first-order valence-electron chi connectivity index (χ1n) is 8.62. The summed E-state index contributed by atoms with van der Waals surface area (Å²) in [5, 5.41) is 4.04. The molecule has 1 saturated heterocycles. The average molecular weight is 377 g/mol. The van der Waals surface area contributed by atoms with Crippen LogP contribution in [0.5, 0.6) is 0 Å². The molecule has 132 valence electrons. The smallest absolute Gasteiger partial charge is 0.224 e. The Hall–Kier alpha value is -1.55. The Morgan fingerprint density at radius 3 is 2.28 bits per heavy atom. The van der Waals surface area contributed by atoms with Gasteiger partial charge in [0.15, 0.2) is 0 Å². The van der Waals surface area contributed by atoms with Crippen LogP contribution in [0, 0.1) is 0 Å². The van der Waals surface area contributed by atoms with E-state index in [0.717, 1.165) is 25.2 Å². The molecule has 0 bridgehead atoms. The highest BCUT2D eigenvalue weighted by molar-refractivity contribution is 6.36. The molecule has 0 atom stereocenters. The third kappa shape index (κ3) is 4.97. The van der Waals surface area contributed by atoms with Crippen molar-refractivity contribution in [3.63, 3.8) is 0 Å². The molecule has 3 rings (SSSR count). The van der Waals surface area contributed by atoms with Gasteiger partial charge in [0, 0.05) is 23.1 Å². The van der Waals surface area contributed by atoms with E-state index in [1.54, 1.807) is 18.2 Å². The maximum absolute atomic E-state index is 12.3. The quantitative estimate of drug-likeness (QED) is 0.807. The monoisotopic (exact) mass is 376 g/mol.